The van der Waals surface area contributed by atoms with Gasteiger partial charge in [0.05, 0.1) is 12.5 Å². The van der Waals surface area contributed by atoms with Gasteiger partial charge in [0.2, 0.25) is 11.8 Å². The Bertz CT molecular complexity index is 367. The summed E-state index contributed by atoms with van der Waals surface area (Å²) in [6.45, 7) is 4.86. The third-order valence-electron chi connectivity index (χ3n) is 4.64. The van der Waals surface area contributed by atoms with Gasteiger partial charge in [-0.3, -0.25) is 14.5 Å². The summed E-state index contributed by atoms with van der Waals surface area (Å²) in [5, 5.41) is 2.86. The SMILES string of the molecule is NCCNC(=O)C1CCCN(CC(=O)N2CCCCCC2)C1. The Kier molecular flexibility index (Phi) is 7.12. The van der Waals surface area contributed by atoms with Gasteiger partial charge in [-0.25, -0.2) is 0 Å². The van der Waals surface area contributed by atoms with Crippen LogP contribution in [0.15, 0.2) is 0 Å². The molecular formula is C16H30N4O2. The number of carbonyl (C=O) groups excluding carboxylic acids is 2. The van der Waals surface area contributed by atoms with Gasteiger partial charge < -0.3 is 16.0 Å². The Morgan fingerprint density at radius 2 is 1.77 bits per heavy atom. The fourth-order valence-corrected chi connectivity index (χ4v) is 3.36. The van der Waals surface area contributed by atoms with Crippen molar-refractivity contribution in [2.24, 2.45) is 11.7 Å². The summed E-state index contributed by atoms with van der Waals surface area (Å²) in [5.74, 6) is 0.305. The highest BCUT2D eigenvalue weighted by Gasteiger charge is 2.27. The van der Waals surface area contributed by atoms with Gasteiger partial charge in [0.25, 0.3) is 0 Å². The van der Waals surface area contributed by atoms with Crippen LogP contribution in [0.5, 0.6) is 0 Å². The second-order valence-electron chi connectivity index (χ2n) is 6.45. The van der Waals surface area contributed by atoms with Crippen molar-refractivity contribution in [1.29, 1.82) is 0 Å². The summed E-state index contributed by atoms with van der Waals surface area (Å²) < 4.78 is 0. The zero-order valence-corrected chi connectivity index (χ0v) is 13.6. The Morgan fingerprint density at radius 1 is 1.05 bits per heavy atom. The van der Waals surface area contributed by atoms with Crippen LogP contribution in [0.2, 0.25) is 0 Å². The van der Waals surface area contributed by atoms with Crippen molar-refractivity contribution in [2.75, 3.05) is 45.8 Å². The molecule has 1 unspecified atom stereocenters. The van der Waals surface area contributed by atoms with Crippen molar-refractivity contribution < 1.29 is 9.59 Å². The molecule has 2 rings (SSSR count). The number of amides is 2. The number of carbonyl (C=O) groups is 2. The number of piperidine rings is 1. The molecule has 6 heteroatoms. The maximum atomic E-state index is 12.4. The lowest BCUT2D eigenvalue weighted by molar-refractivity contribution is -0.134. The van der Waals surface area contributed by atoms with Crippen LogP contribution in [0.25, 0.3) is 0 Å². The predicted molar refractivity (Wildman–Crippen MR) is 86.3 cm³/mol. The predicted octanol–water partition coefficient (Wildman–Crippen LogP) is 0.176. The molecule has 22 heavy (non-hydrogen) atoms. The van der Waals surface area contributed by atoms with Crippen LogP contribution in [0.1, 0.15) is 38.5 Å². The minimum absolute atomic E-state index is 0.00256. The van der Waals surface area contributed by atoms with E-state index in [2.05, 4.69) is 10.2 Å². The van der Waals surface area contributed by atoms with Gasteiger partial charge in [-0.05, 0) is 32.2 Å². The summed E-state index contributed by atoms with van der Waals surface area (Å²) in [7, 11) is 0. The van der Waals surface area contributed by atoms with Crippen LogP contribution in [0.4, 0.5) is 0 Å². The van der Waals surface area contributed by atoms with Crippen LogP contribution in [-0.4, -0.2) is 67.4 Å². The molecule has 2 heterocycles. The van der Waals surface area contributed by atoms with E-state index in [1.54, 1.807) is 0 Å². The largest absolute Gasteiger partial charge is 0.355 e. The van der Waals surface area contributed by atoms with E-state index in [1.165, 1.54) is 12.8 Å². The van der Waals surface area contributed by atoms with E-state index >= 15 is 0 Å². The van der Waals surface area contributed by atoms with Gasteiger partial charge in [-0.1, -0.05) is 12.8 Å². The molecule has 2 aliphatic rings. The fourth-order valence-electron chi connectivity index (χ4n) is 3.36. The molecular weight excluding hydrogens is 280 g/mol. The topological polar surface area (TPSA) is 78.7 Å². The minimum atomic E-state index is -0.00256. The van der Waals surface area contributed by atoms with E-state index < -0.39 is 0 Å². The van der Waals surface area contributed by atoms with Crippen molar-refractivity contribution in [3.63, 3.8) is 0 Å². The van der Waals surface area contributed by atoms with Crippen LogP contribution >= 0.6 is 0 Å². The van der Waals surface area contributed by atoms with Crippen molar-refractivity contribution in [1.82, 2.24) is 15.1 Å². The average Bonchev–Trinajstić information content (AvgIpc) is 2.82. The van der Waals surface area contributed by atoms with Crippen LogP contribution in [0, 0.1) is 5.92 Å². The summed E-state index contributed by atoms with van der Waals surface area (Å²) >= 11 is 0. The summed E-state index contributed by atoms with van der Waals surface area (Å²) in [6, 6.07) is 0. The highest BCUT2D eigenvalue weighted by molar-refractivity contribution is 5.80. The number of rotatable bonds is 5. The number of nitrogens with zero attached hydrogens (tertiary/aromatic N) is 2. The number of nitrogens with two attached hydrogens (primary N) is 1. The third-order valence-corrected chi connectivity index (χ3v) is 4.64. The zero-order valence-electron chi connectivity index (χ0n) is 13.6. The third kappa shape index (κ3) is 5.25. The molecule has 6 nitrogen and oxygen atoms in total. The number of hydrogen-bond acceptors (Lipinski definition) is 4. The Balaban J connectivity index is 1.79. The highest BCUT2D eigenvalue weighted by Crippen LogP contribution is 2.17. The first-order chi connectivity index (χ1) is 10.7. The van der Waals surface area contributed by atoms with Crippen molar-refractivity contribution in [3.8, 4) is 0 Å². The van der Waals surface area contributed by atoms with E-state index in [1.807, 2.05) is 4.90 Å². The summed E-state index contributed by atoms with van der Waals surface area (Å²) in [4.78, 5) is 28.6. The normalized spacial score (nSPS) is 23.9. The first-order valence-electron chi connectivity index (χ1n) is 8.68. The Labute approximate surface area is 133 Å². The summed E-state index contributed by atoms with van der Waals surface area (Å²) in [5.41, 5.74) is 5.42. The van der Waals surface area contributed by atoms with E-state index in [4.69, 9.17) is 5.73 Å². The molecule has 0 spiro atoms. The monoisotopic (exact) mass is 310 g/mol. The van der Waals surface area contributed by atoms with Crippen molar-refractivity contribution >= 4 is 11.8 Å². The van der Waals surface area contributed by atoms with Gasteiger partial charge in [-0.15, -0.1) is 0 Å². The number of likely N-dealkylation sites (tertiary alicyclic amines) is 2. The molecule has 2 saturated heterocycles. The number of hydrogen-bond donors (Lipinski definition) is 2. The maximum Gasteiger partial charge on any atom is 0.236 e. The van der Waals surface area contributed by atoms with Gasteiger partial charge >= 0.3 is 0 Å². The lowest BCUT2D eigenvalue weighted by Crippen LogP contribution is -2.48. The molecule has 0 aromatic carbocycles. The minimum Gasteiger partial charge on any atom is -0.355 e. The molecule has 0 bridgehead atoms. The zero-order chi connectivity index (χ0) is 15.8. The molecule has 3 N–H and O–H groups in total. The van der Waals surface area contributed by atoms with Gasteiger partial charge in [0.1, 0.15) is 0 Å². The van der Waals surface area contributed by atoms with Gasteiger partial charge in [-0.2, -0.15) is 0 Å². The van der Waals surface area contributed by atoms with Gasteiger partial charge in [0, 0.05) is 32.7 Å². The molecule has 0 aromatic heterocycles. The van der Waals surface area contributed by atoms with E-state index in [0.29, 0.717) is 26.2 Å². The molecule has 0 aliphatic carbocycles. The maximum absolute atomic E-state index is 12.4. The van der Waals surface area contributed by atoms with Crippen LogP contribution in [-0.2, 0) is 9.59 Å². The average molecular weight is 310 g/mol. The first-order valence-corrected chi connectivity index (χ1v) is 8.68. The van der Waals surface area contributed by atoms with Crippen LogP contribution in [0.3, 0.4) is 0 Å². The van der Waals surface area contributed by atoms with Crippen LogP contribution < -0.4 is 11.1 Å². The van der Waals surface area contributed by atoms with E-state index in [-0.39, 0.29) is 17.7 Å². The van der Waals surface area contributed by atoms with E-state index in [0.717, 1.165) is 45.3 Å². The summed E-state index contributed by atoms with van der Waals surface area (Å²) in [6.07, 6.45) is 6.60. The first kappa shape index (κ1) is 17.2. The molecule has 0 radical (unpaired) electrons. The quantitative estimate of drug-likeness (QED) is 0.759. The smallest absolute Gasteiger partial charge is 0.236 e. The van der Waals surface area contributed by atoms with E-state index in [9.17, 15) is 9.59 Å². The highest BCUT2D eigenvalue weighted by atomic mass is 16.2. The molecule has 126 valence electrons. The molecule has 2 aliphatic heterocycles. The Morgan fingerprint density at radius 3 is 2.45 bits per heavy atom. The lowest BCUT2D eigenvalue weighted by Gasteiger charge is -2.33. The number of nitrogens with one attached hydrogen (secondary N) is 1. The molecule has 0 saturated carbocycles. The second-order valence-corrected chi connectivity index (χ2v) is 6.45. The molecule has 1 atom stereocenters. The van der Waals surface area contributed by atoms with Crippen molar-refractivity contribution in [2.45, 2.75) is 38.5 Å². The standard InChI is InChI=1S/C16H30N4O2/c17-7-8-18-16(22)14-6-5-9-19(12-14)13-15(21)20-10-3-1-2-4-11-20/h14H,1-13,17H2,(H,18,22). The molecule has 2 amide bonds. The van der Waals surface area contributed by atoms with Crippen molar-refractivity contribution in [3.05, 3.63) is 0 Å². The lowest BCUT2D eigenvalue weighted by atomic mass is 9.97. The second kappa shape index (κ2) is 9.10. The molecule has 0 aromatic rings. The fraction of sp³-hybridized carbons (Fsp3) is 0.875. The molecule has 2 fully saturated rings. The van der Waals surface area contributed by atoms with Gasteiger partial charge in [0.15, 0.2) is 0 Å². The Hall–Kier alpha value is -1.14.